The van der Waals surface area contributed by atoms with E-state index < -0.39 is 0 Å². The lowest BCUT2D eigenvalue weighted by Gasteiger charge is -2.35. The highest BCUT2D eigenvalue weighted by Gasteiger charge is 2.29. The molecular weight excluding hydrogens is 326 g/mol. The first kappa shape index (κ1) is 16.4. The minimum absolute atomic E-state index is 0.0507. The van der Waals surface area contributed by atoms with Crippen molar-refractivity contribution in [1.82, 2.24) is 14.7 Å². The van der Waals surface area contributed by atoms with Gasteiger partial charge in [0.1, 0.15) is 5.75 Å². The van der Waals surface area contributed by atoms with E-state index in [1.54, 1.807) is 13.3 Å². The summed E-state index contributed by atoms with van der Waals surface area (Å²) >= 11 is 0. The third-order valence-electron chi connectivity index (χ3n) is 4.88. The molecule has 2 aromatic carbocycles. The van der Waals surface area contributed by atoms with Gasteiger partial charge >= 0.3 is 0 Å². The minimum atomic E-state index is 0.0507. The lowest BCUT2D eigenvalue weighted by Crippen LogP contribution is -2.41. The van der Waals surface area contributed by atoms with Crippen LogP contribution in [0.1, 0.15) is 22.7 Å². The van der Waals surface area contributed by atoms with Gasteiger partial charge in [-0.1, -0.05) is 36.4 Å². The maximum atomic E-state index is 12.9. The number of fused-ring (bicyclic) bond motifs is 1. The normalized spacial score (nSPS) is 16.2. The standard InChI is InChI=1S/C21H21N3O2/c1-26-18-9-7-16(8-10-18)13-21(25)23-14-17-5-2-3-6-19(17)20(15-23)24-12-4-11-22-24/h2-12,20H,13-15H2,1H3/t20-/m0/s1. The summed E-state index contributed by atoms with van der Waals surface area (Å²) in [4.78, 5) is 14.8. The van der Waals surface area contributed by atoms with E-state index in [4.69, 9.17) is 4.74 Å². The monoisotopic (exact) mass is 347 g/mol. The van der Waals surface area contributed by atoms with Crippen LogP contribution in [0.15, 0.2) is 67.0 Å². The Labute approximate surface area is 152 Å². The van der Waals surface area contributed by atoms with Crippen LogP contribution >= 0.6 is 0 Å². The van der Waals surface area contributed by atoms with Gasteiger partial charge in [0.05, 0.1) is 19.6 Å². The first-order valence-electron chi connectivity index (χ1n) is 8.72. The fourth-order valence-electron chi connectivity index (χ4n) is 3.49. The van der Waals surface area contributed by atoms with Crippen molar-refractivity contribution in [1.29, 1.82) is 0 Å². The third kappa shape index (κ3) is 3.20. The van der Waals surface area contributed by atoms with Crippen molar-refractivity contribution in [3.05, 3.63) is 83.7 Å². The molecule has 3 aromatic rings. The molecule has 0 unspecified atom stereocenters. The average Bonchev–Trinajstić information content (AvgIpc) is 3.22. The molecule has 0 radical (unpaired) electrons. The Morgan fingerprint density at radius 3 is 2.69 bits per heavy atom. The Morgan fingerprint density at radius 2 is 1.96 bits per heavy atom. The third-order valence-corrected chi connectivity index (χ3v) is 4.88. The molecule has 26 heavy (non-hydrogen) atoms. The van der Waals surface area contributed by atoms with Crippen LogP contribution in [-0.4, -0.2) is 34.2 Å². The Balaban J connectivity index is 1.56. The predicted molar refractivity (Wildman–Crippen MR) is 98.9 cm³/mol. The van der Waals surface area contributed by atoms with Crippen LogP contribution < -0.4 is 4.74 Å². The van der Waals surface area contributed by atoms with Crippen molar-refractivity contribution < 1.29 is 9.53 Å². The summed E-state index contributed by atoms with van der Waals surface area (Å²) in [7, 11) is 1.64. The number of aromatic nitrogens is 2. The van der Waals surface area contributed by atoms with Gasteiger partial charge in [0.25, 0.3) is 0 Å². The lowest BCUT2D eigenvalue weighted by atomic mass is 9.95. The van der Waals surface area contributed by atoms with Crippen molar-refractivity contribution in [2.24, 2.45) is 0 Å². The fraction of sp³-hybridized carbons (Fsp3) is 0.238. The molecule has 5 heteroatoms. The van der Waals surface area contributed by atoms with Crippen molar-refractivity contribution in [3.8, 4) is 5.75 Å². The molecule has 132 valence electrons. The van der Waals surface area contributed by atoms with Crippen molar-refractivity contribution in [3.63, 3.8) is 0 Å². The van der Waals surface area contributed by atoms with Crippen LogP contribution in [0.5, 0.6) is 5.75 Å². The Bertz CT molecular complexity index is 888. The molecule has 0 saturated heterocycles. The van der Waals surface area contributed by atoms with Crippen LogP contribution in [0.25, 0.3) is 0 Å². The van der Waals surface area contributed by atoms with E-state index >= 15 is 0 Å². The average molecular weight is 347 g/mol. The van der Waals surface area contributed by atoms with E-state index in [1.165, 1.54) is 11.1 Å². The van der Waals surface area contributed by atoms with Gasteiger partial charge in [-0.15, -0.1) is 0 Å². The number of benzene rings is 2. The van der Waals surface area contributed by atoms with E-state index in [1.807, 2.05) is 58.2 Å². The maximum absolute atomic E-state index is 12.9. The molecule has 2 heterocycles. The molecule has 0 saturated carbocycles. The SMILES string of the molecule is COc1ccc(CC(=O)N2Cc3ccccc3[C@@H](n3cccn3)C2)cc1. The van der Waals surface area contributed by atoms with E-state index in [2.05, 4.69) is 17.2 Å². The second-order valence-electron chi connectivity index (χ2n) is 6.50. The summed E-state index contributed by atoms with van der Waals surface area (Å²) in [6, 6.07) is 17.9. The Kier molecular flexibility index (Phi) is 4.44. The van der Waals surface area contributed by atoms with Gasteiger partial charge in [-0.05, 0) is 34.9 Å². The van der Waals surface area contributed by atoms with Crippen molar-refractivity contribution in [2.75, 3.05) is 13.7 Å². The van der Waals surface area contributed by atoms with Gasteiger partial charge in [0, 0.05) is 25.5 Å². The topological polar surface area (TPSA) is 47.4 Å². The second kappa shape index (κ2) is 7.04. The number of carbonyl (C=O) groups excluding carboxylic acids is 1. The quantitative estimate of drug-likeness (QED) is 0.729. The molecule has 0 fully saturated rings. The zero-order chi connectivity index (χ0) is 17.9. The highest BCUT2D eigenvalue weighted by molar-refractivity contribution is 5.79. The van der Waals surface area contributed by atoms with Crippen LogP contribution in [0.3, 0.4) is 0 Å². The second-order valence-corrected chi connectivity index (χ2v) is 6.50. The molecule has 0 N–H and O–H groups in total. The molecule has 5 nitrogen and oxygen atoms in total. The largest absolute Gasteiger partial charge is 0.497 e. The van der Waals surface area contributed by atoms with Crippen LogP contribution in [0, 0.1) is 0 Å². The van der Waals surface area contributed by atoms with Crippen molar-refractivity contribution in [2.45, 2.75) is 19.0 Å². The molecule has 1 aromatic heterocycles. The van der Waals surface area contributed by atoms with E-state index in [9.17, 15) is 4.79 Å². The molecule has 0 aliphatic carbocycles. The van der Waals surface area contributed by atoms with E-state index in [-0.39, 0.29) is 11.9 Å². The number of carbonyl (C=O) groups is 1. The summed E-state index contributed by atoms with van der Waals surface area (Å²) < 4.78 is 7.12. The molecule has 0 spiro atoms. The van der Waals surface area contributed by atoms with Gasteiger partial charge in [0.2, 0.25) is 5.91 Å². The maximum Gasteiger partial charge on any atom is 0.227 e. The molecule has 4 rings (SSSR count). The van der Waals surface area contributed by atoms with Gasteiger partial charge in [-0.2, -0.15) is 5.10 Å². The highest BCUT2D eigenvalue weighted by Crippen LogP contribution is 2.29. The number of nitrogens with zero attached hydrogens (tertiary/aromatic N) is 3. The van der Waals surface area contributed by atoms with Gasteiger partial charge < -0.3 is 9.64 Å². The summed E-state index contributed by atoms with van der Waals surface area (Å²) in [6.45, 7) is 1.27. The highest BCUT2D eigenvalue weighted by atomic mass is 16.5. The summed E-state index contributed by atoms with van der Waals surface area (Å²) in [5, 5.41) is 4.40. The van der Waals surface area contributed by atoms with Gasteiger partial charge in [-0.25, -0.2) is 0 Å². The number of ether oxygens (including phenoxy) is 1. The number of hydrogen-bond donors (Lipinski definition) is 0. The molecule has 0 bridgehead atoms. The molecule has 1 atom stereocenters. The Morgan fingerprint density at radius 1 is 1.15 bits per heavy atom. The van der Waals surface area contributed by atoms with Crippen LogP contribution in [0.4, 0.5) is 0 Å². The first-order chi connectivity index (χ1) is 12.7. The zero-order valence-corrected chi connectivity index (χ0v) is 14.7. The van der Waals surface area contributed by atoms with E-state index in [0.29, 0.717) is 19.5 Å². The van der Waals surface area contributed by atoms with Gasteiger partial charge in [-0.3, -0.25) is 9.48 Å². The predicted octanol–water partition coefficient (Wildman–Crippen LogP) is 3.07. The van der Waals surface area contributed by atoms with Crippen molar-refractivity contribution >= 4 is 5.91 Å². The molecule has 1 aliphatic rings. The zero-order valence-electron chi connectivity index (χ0n) is 14.7. The van der Waals surface area contributed by atoms with Crippen LogP contribution in [0.2, 0.25) is 0 Å². The molecule has 1 amide bonds. The Hall–Kier alpha value is -3.08. The number of methoxy groups -OCH3 is 1. The lowest BCUT2D eigenvalue weighted by molar-refractivity contribution is -0.131. The molecule has 1 aliphatic heterocycles. The number of hydrogen-bond acceptors (Lipinski definition) is 3. The van der Waals surface area contributed by atoms with E-state index in [0.717, 1.165) is 11.3 Å². The fourth-order valence-corrected chi connectivity index (χ4v) is 3.49. The summed E-state index contributed by atoms with van der Waals surface area (Å²) in [5.41, 5.74) is 3.41. The summed E-state index contributed by atoms with van der Waals surface area (Å²) in [5.74, 6) is 0.925. The first-order valence-corrected chi connectivity index (χ1v) is 8.72. The number of rotatable bonds is 4. The minimum Gasteiger partial charge on any atom is -0.497 e. The summed E-state index contributed by atoms with van der Waals surface area (Å²) in [6.07, 6.45) is 4.12. The number of amides is 1. The smallest absolute Gasteiger partial charge is 0.227 e. The molecular formula is C21H21N3O2. The van der Waals surface area contributed by atoms with Gasteiger partial charge in [0.15, 0.2) is 0 Å². The van der Waals surface area contributed by atoms with Crippen LogP contribution in [-0.2, 0) is 17.8 Å².